The third kappa shape index (κ3) is 4.03. The van der Waals surface area contributed by atoms with E-state index in [1.165, 1.54) is 0 Å². The monoisotopic (exact) mass is 488 g/mol. The molecule has 2 atom stereocenters. The largest absolute Gasteiger partial charge is 0.427 e. The van der Waals surface area contributed by atoms with Gasteiger partial charge in [0.15, 0.2) is 0 Å². The third-order valence-electron chi connectivity index (χ3n) is 8.12. The predicted octanol–water partition coefficient (Wildman–Crippen LogP) is 3.02. The molecule has 0 bridgehead atoms. The van der Waals surface area contributed by atoms with Crippen molar-refractivity contribution < 1.29 is 19.1 Å². The first-order valence-corrected chi connectivity index (χ1v) is 12.9. The summed E-state index contributed by atoms with van der Waals surface area (Å²) in [5.74, 6) is -0.194. The average Bonchev–Trinajstić information content (AvgIpc) is 3.61. The standard InChI is InChI=1S/C28H32N4O4/c1-18(20-7-8-20)31(16-19-5-3-2-4-6-19)25(33)17-32-26(34)28(36-27(32)35)12-11-21-13-22(9-10-24(21)28)30-23-14-29-15-23/h2-6,9-10,13,18,20,23,29-30H,7-8,11-12,14-17H2,1H3/t18-,28?/m0/s1. The van der Waals surface area contributed by atoms with Gasteiger partial charge < -0.3 is 20.3 Å². The highest BCUT2D eigenvalue weighted by Gasteiger charge is 2.58. The fraction of sp³-hybridized carbons (Fsp3) is 0.464. The van der Waals surface area contributed by atoms with Gasteiger partial charge in [-0.1, -0.05) is 36.4 Å². The molecule has 4 aliphatic rings. The molecule has 188 valence electrons. The van der Waals surface area contributed by atoms with Gasteiger partial charge in [0.25, 0.3) is 5.91 Å². The summed E-state index contributed by atoms with van der Waals surface area (Å²) in [4.78, 5) is 42.9. The van der Waals surface area contributed by atoms with Crippen LogP contribution in [-0.4, -0.2) is 59.4 Å². The number of hydrogen-bond donors (Lipinski definition) is 2. The summed E-state index contributed by atoms with van der Waals surface area (Å²) in [6.45, 7) is 4.08. The number of carbonyl (C=O) groups excluding carboxylic acids is 3. The van der Waals surface area contributed by atoms with E-state index in [1.54, 1.807) is 0 Å². The molecule has 1 unspecified atom stereocenters. The maximum atomic E-state index is 13.6. The molecule has 2 aromatic rings. The van der Waals surface area contributed by atoms with Crippen LogP contribution in [0.4, 0.5) is 10.5 Å². The summed E-state index contributed by atoms with van der Waals surface area (Å²) in [6, 6.07) is 16.2. The van der Waals surface area contributed by atoms with Gasteiger partial charge in [0.05, 0.1) is 6.04 Å². The molecule has 2 heterocycles. The zero-order chi connectivity index (χ0) is 24.9. The molecule has 2 aliphatic carbocycles. The van der Waals surface area contributed by atoms with Crippen LogP contribution in [-0.2, 0) is 32.9 Å². The molecule has 2 aromatic carbocycles. The fourth-order valence-corrected chi connectivity index (χ4v) is 5.67. The van der Waals surface area contributed by atoms with Gasteiger partial charge >= 0.3 is 6.09 Å². The Kier molecular flexibility index (Phi) is 5.71. The second kappa shape index (κ2) is 8.92. The van der Waals surface area contributed by atoms with E-state index >= 15 is 0 Å². The fourth-order valence-electron chi connectivity index (χ4n) is 5.67. The van der Waals surface area contributed by atoms with Gasteiger partial charge in [-0.3, -0.25) is 9.59 Å². The van der Waals surface area contributed by atoms with Crippen LogP contribution in [0.25, 0.3) is 0 Å². The number of imide groups is 1. The second-order valence-electron chi connectivity index (χ2n) is 10.5. The number of nitrogens with one attached hydrogen (secondary N) is 2. The van der Waals surface area contributed by atoms with Gasteiger partial charge in [-0.25, -0.2) is 9.69 Å². The summed E-state index contributed by atoms with van der Waals surface area (Å²) >= 11 is 0. The minimum atomic E-state index is -1.32. The molecule has 8 nitrogen and oxygen atoms in total. The minimum absolute atomic E-state index is 0.0457. The molecular weight excluding hydrogens is 456 g/mol. The number of nitrogens with zero attached hydrogens (tertiary/aromatic N) is 2. The van der Waals surface area contributed by atoms with Crippen LogP contribution in [0.3, 0.4) is 0 Å². The number of benzene rings is 2. The van der Waals surface area contributed by atoms with Gasteiger partial charge in [-0.2, -0.15) is 0 Å². The molecule has 8 heteroatoms. The number of rotatable bonds is 8. The van der Waals surface area contributed by atoms with E-state index in [0.29, 0.717) is 31.3 Å². The normalized spacial score (nSPS) is 23.9. The molecule has 0 radical (unpaired) electrons. The quantitative estimate of drug-likeness (QED) is 0.594. The molecule has 1 saturated carbocycles. The van der Waals surface area contributed by atoms with Crippen molar-refractivity contribution in [2.45, 2.75) is 56.8 Å². The SMILES string of the molecule is C[C@@H](C1CC1)N(Cc1ccccc1)C(=O)CN1C(=O)OC2(CCc3cc(NC4CNC4)ccc32)C1=O. The van der Waals surface area contributed by atoms with E-state index in [9.17, 15) is 14.4 Å². The summed E-state index contributed by atoms with van der Waals surface area (Å²) in [5.41, 5.74) is 2.45. The molecule has 0 aromatic heterocycles. The topological polar surface area (TPSA) is 91.0 Å². The van der Waals surface area contributed by atoms with Gasteiger partial charge in [0.1, 0.15) is 6.54 Å². The highest BCUT2D eigenvalue weighted by atomic mass is 16.6. The van der Waals surface area contributed by atoms with Crippen molar-refractivity contribution in [1.29, 1.82) is 0 Å². The smallest absolute Gasteiger partial charge is 0.418 e. The van der Waals surface area contributed by atoms with Gasteiger partial charge in [-0.15, -0.1) is 0 Å². The van der Waals surface area contributed by atoms with E-state index in [1.807, 2.05) is 47.4 Å². The maximum Gasteiger partial charge on any atom is 0.418 e. The summed E-state index contributed by atoms with van der Waals surface area (Å²) in [5, 5.41) is 6.72. The van der Waals surface area contributed by atoms with Crippen molar-refractivity contribution in [1.82, 2.24) is 15.1 Å². The summed E-state index contributed by atoms with van der Waals surface area (Å²) in [6.07, 6.45) is 2.50. The number of amides is 3. The van der Waals surface area contributed by atoms with Crippen molar-refractivity contribution in [3.05, 3.63) is 65.2 Å². The highest BCUT2D eigenvalue weighted by Crippen LogP contribution is 2.46. The lowest BCUT2D eigenvalue weighted by atomic mass is 9.94. The van der Waals surface area contributed by atoms with E-state index in [-0.39, 0.29) is 18.5 Å². The molecule has 2 aliphatic heterocycles. The number of hydrogen-bond acceptors (Lipinski definition) is 6. The molecular formula is C28H32N4O4. The summed E-state index contributed by atoms with van der Waals surface area (Å²) in [7, 11) is 0. The first-order valence-electron chi connectivity index (χ1n) is 12.9. The van der Waals surface area contributed by atoms with Gasteiger partial charge in [-0.05, 0) is 55.4 Å². The lowest BCUT2D eigenvalue weighted by molar-refractivity contribution is -0.143. The van der Waals surface area contributed by atoms with E-state index in [0.717, 1.165) is 53.2 Å². The Morgan fingerprint density at radius 1 is 1.19 bits per heavy atom. The van der Waals surface area contributed by atoms with Crippen LogP contribution in [0, 0.1) is 5.92 Å². The minimum Gasteiger partial charge on any atom is -0.427 e. The first kappa shape index (κ1) is 23.0. The zero-order valence-corrected chi connectivity index (χ0v) is 20.5. The molecule has 2 N–H and O–H groups in total. The zero-order valence-electron chi connectivity index (χ0n) is 20.5. The van der Waals surface area contributed by atoms with Crippen LogP contribution >= 0.6 is 0 Å². The highest BCUT2D eigenvalue weighted by molar-refractivity contribution is 6.06. The molecule has 6 rings (SSSR count). The third-order valence-corrected chi connectivity index (χ3v) is 8.12. The number of fused-ring (bicyclic) bond motifs is 2. The molecule has 1 spiro atoms. The Morgan fingerprint density at radius 2 is 1.97 bits per heavy atom. The van der Waals surface area contributed by atoms with Crippen molar-refractivity contribution in [2.75, 3.05) is 25.0 Å². The number of ether oxygens (including phenoxy) is 1. The Labute approximate surface area is 211 Å². The molecule has 2 saturated heterocycles. The van der Waals surface area contributed by atoms with Gasteiger partial charge in [0.2, 0.25) is 11.5 Å². The Bertz CT molecular complexity index is 1190. The number of aryl methyl sites for hydroxylation is 1. The van der Waals surface area contributed by atoms with Crippen LogP contribution in [0.15, 0.2) is 48.5 Å². The Hall–Kier alpha value is -3.39. The van der Waals surface area contributed by atoms with Crippen LogP contribution in [0.2, 0.25) is 0 Å². The predicted molar refractivity (Wildman–Crippen MR) is 134 cm³/mol. The van der Waals surface area contributed by atoms with Gasteiger partial charge in [0, 0.05) is 43.3 Å². The van der Waals surface area contributed by atoms with E-state index < -0.39 is 17.6 Å². The van der Waals surface area contributed by atoms with Crippen molar-refractivity contribution in [3.63, 3.8) is 0 Å². The molecule has 3 fully saturated rings. The average molecular weight is 489 g/mol. The first-order chi connectivity index (χ1) is 17.4. The number of carbonyl (C=O) groups is 3. The lowest BCUT2D eigenvalue weighted by Gasteiger charge is -2.30. The lowest BCUT2D eigenvalue weighted by Crippen LogP contribution is -2.51. The molecule has 3 amide bonds. The van der Waals surface area contributed by atoms with E-state index in [2.05, 4.69) is 23.6 Å². The van der Waals surface area contributed by atoms with Crippen LogP contribution < -0.4 is 10.6 Å². The van der Waals surface area contributed by atoms with Crippen molar-refractivity contribution in [3.8, 4) is 0 Å². The van der Waals surface area contributed by atoms with Crippen molar-refractivity contribution in [2.24, 2.45) is 5.92 Å². The number of anilines is 1. The van der Waals surface area contributed by atoms with Crippen LogP contribution in [0.5, 0.6) is 0 Å². The summed E-state index contributed by atoms with van der Waals surface area (Å²) < 4.78 is 5.77. The molecule has 36 heavy (non-hydrogen) atoms. The van der Waals surface area contributed by atoms with Crippen LogP contribution in [0.1, 0.15) is 42.9 Å². The second-order valence-corrected chi connectivity index (χ2v) is 10.5. The van der Waals surface area contributed by atoms with E-state index in [4.69, 9.17) is 4.74 Å². The van der Waals surface area contributed by atoms with Crippen molar-refractivity contribution >= 4 is 23.6 Å². The Balaban J connectivity index is 1.20. The maximum absolute atomic E-state index is 13.6. The Morgan fingerprint density at radius 3 is 2.67 bits per heavy atom.